The predicted octanol–water partition coefficient (Wildman–Crippen LogP) is 3.15. The van der Waals surface area contributed by atoms with E-state index in [2.05, 4.69) is 25.4 Å². The van der Waals surface area contributed by atoms with Crippen molar-refractivity contribution in [2.24, 2.45) is 0 Å². The Kier molecular flexibility index (Phi) is 4.66. The molecule has 0 fully saturated rings. The van der Waals surface area contributed by atoms with Crippen LogP contribution in [0.15, 0.2) is 35.5 Å². The maximum absolute atomic E-state index is 5.08. The minimum absolute atomic E-state index is 0.571. The molecule has 0 atom stereocenters. The lowest BCUT2D eigenvalue weighted by Crippen LogP contribution is -2.07. The van der Waals surface area contributed by atoms with Crippen molar-refractivity contribution in [3.05, 3.63) is 42.0 Å². The van der Waals surface area contributed by atoms with E-state index in [0.29, 0.717) is 11.7 Å². The van der Waals surface area contributed by atoms with Crippen LogP contribution in [0.2, 0.25) is 0 Å². The number of pyridine rings is 1. The highest BCUT2D eigenvalue weighted by Crippen LogP contribution is 2.23. The molecule has 3 rings (SSSR count). The van der Waals surface area contributed by atoms with Gasteiger partial charge in [-0.1, -0.05) is 0 Å². The van der Waals surface area contributed by atoms with E-state index < -0.39 is 0 Å². The second-order valence-electron chi connectivity index (χ2n) is 5.11. The molecule has 1 N–H and O–H groups in total. The van der Waals surface area contributed by atoms with Crippen molar-refractivity contribution in [2.45, 2.75) is 18.9 Å². The smallest absolute Gasteiger partial charge is 0.213 e. The van der Waals surface area contributed by atoms with Crippen LogP contribution in [0.25, 0.3) is 5.82 Å². The summed E-state index contributed by atoms with van der Waals surface area (Å²) < 4.78 is 6.85. The van der Waals surface area contributed by atoms with Crippen molar-refractivity contribution < 1.29 is 4.74 Å². The summed E-state index contributed by atoms with van der Waals surface area (Å²) in [7, 11) is 1.59. The highest BCUT2D eigenvalue weighted by molar-refractivity contribution is 7.98. The summed E-state index contributed by atoms with van der Waals surface area (Å²) in [5.41, 5.74) is 1.73. The van der Waals surface area contributed by atoms with E-state index >= 15 is 0 Å². The fraction of sp³-hybridized carbons (Fsp3) is 0.250. The Bertz CT molecular complexity index is 846. The molecule has 0 saturated carbocycles. The lowest BCUT2D eigenvalue weighted by atomic mass is 10.4. The average molecular weight is 342 g/mol. The second kappa shape index (κ2) is 6.88. The maximum atomic E-state index is 5.08. The number of anilines is 2. The van der Waals surface area contributed by atoms with Gasteiger partial charge in [0.15, 0.2) is 5.82 Å². The van der Waals surface area contributed by atoms with E-state index in [9.17, 15) is 0 Å². The average Bonchev–Trinajstić information content (AvgIpc) is 2.95. The van der Waals surface area contributed by atoms with Crippen molar-refractivity contribution in [2.75, 3.05) is 18.7 Å². The van der Waals surface area contributed by atoms with Gasteiger partial charge in [0, 0.05) is 18.2 Å². The largest absolute Gasteiger partial charge is 0.481 e. The molecule has 0 aliphatic carbocycles. The minimum atomic E-state index is 0.571. The molecular weight excluding hydrogens is 324 g/mol. The van der Waals surface area contributed by atoms with Crippen LogP contribution >= 0.6 is 11.8 Å². The van der Waals surface area contributed by atoms with Gasteiger partial charge in [0.25, 0.3) is 0 Å². The van der Waals surface area contributed by atoms with E-state index in [0.717, 1.165) is 28.0 Å². The molecule has 0 bridgehead atoms. The molecule has 0 unspecified atom stereocenters. The number of hydrogen-bond donors (Lipinski definition) is 1. The van der Waals surface area contributed by atoms with Gasteiger partial charge in [0.2, 0.25) is 5.88 Å². The highest BCUT2D eigenvalue weighted by atomic mass is 32.2. The number of thioether (sulfide) groups is 1. The first-order valence-corrected chi connectivity index (χ1v) is 8.55. The summed E-state index contributed by atoms with van der Waals surface area (Å²) in [5, 5.41) is 8.76. The van der Waals surface area contributed by atoms with Gasteiger partial charge in [-0.2, -0.15) is 9.78 Å². The molecule has 3 aromatic heterocycles. The number of ether oxygens (including phenoxy) is 1. The molecule has 3 aromatic rings. The molecule has 0 amide bonds. The number of methoxy groups -OCH3 is 1. The first kappa shape index (κ1) is 16.3. The van der Waals surface area contributed by atoms with Crippen LogP contribution in [0.5, 0.6) is 5.88 Å². The topological polar surface area (TPSA) is 77.8 Å². The highest BCUT2D eigenvalue weighted by Gasteiger charge is 2.11. The quantitative estimate of drug-likeness (QED) is 0.564. The van der Waals surface area contributed by atoms with E-state index in [1.165, 1.54) is 0 Å². The van der Waals surface area contributed by atoms with E-state index in [4.69, 9.17) is 4.74 Å². The molecule has 8 heteroatoms. The molecule has 124 valence electrons. The van der Waals surface area contributed by atoms with E-state index in [-0.39, 0.29) is 0 Å². The monoisotopic (exact) mass is 342 g/mol. The van der Waals surface area contributed by atoms with Gasteiger partial charge in [-0.15, -0.1) is 11.8 Å². The minimum Gasteiger partial charge on any atom is -0.481 e. The number of aryl methyl sites for hydroxylation is 2. The normalized spacial score (nSPS) is 10.7. The van der Waals surface area contributed by atoms with Crippen LogP contribution in [-0.2, 0) is 0 Å². The Morgan fingerprint density at radius 2 is 2.00 bits per heavy atom. The van der Waals surface area contributed by atoms with Gasteiger partial charge in [-0.3, -0.25) is 0 Å². The zero-order chi connectivity index (χ0) is 17.1. The molecule has 0 aromatic carbocycles. The number of aromatic nitrogens is 5. The number of hydrogen-bond acceptors (Lipinski definition) is 7. The molecule has 0 saturated heterocycles. The molecular formula is C16H18N6OS. The van der Waals surface area contributed by atoms with Crippen molar-refractivity contribution in [1.82, 2.24) is 24.7 Å². The Balaban J connectivity index is 1.97. The van der Waals surface area contributed by atoms with Gasteiger partial charge < -0.3 is 10.1 Å². The van der Waals surface area contributed by atoms with Crippen LogP contribution in [-0.4, -0.2) is 38.1 Å². The SMILES string of the molecule is COc1ccc(Nc2cc(C)nn2-c2cc(SC)nc(C)n2)cn1. The van der Waals surface area contributed by atoms with Crippen LogP contribution in [0.1, 0.15) is 11.5 Å². The summed E-state index contributed by atoms with van der Waals surface area (Å²) in [6, 6.07) is 7.58. The predicted molar refractivity (Wildman–Crippen MR) is 94.5 cm³/mol. The van der Waals surface area contributed by atoms with Crippen LogP contribution in [0, 0.1) is 13.8 Å². The van der Waals surface area contributed by atoms with Crippen LogP contribution in [0.4, 0.5) is 11.5 Å². The fourth-order valence-electron chi connectivity index (χ4n) is 2.22. The summed E-state index contributed by atoms with van der Waals surface area (Å²) >= 11 is 1.58. The van der Waals surface area contributed by atoms with Gasteiger partial charge >= 0.3 is 0 Å². The van der Waals surface area contributed by atoms with Gasteiger partial charge in [0.05, 0.1) is 24.7 Å². The van der Waals surface area contributed by atoms with Gasteiger partial charge in [-0.05, 0) is 26.2 Å². The third-order valence-electron chi connectivity index (χ3n) is 3.28. The third kappa shape index (κ3) is 3.48. The van der Waals surface area contributed by atoms with Crippen LogP contribution in [0.3, 0.4) is 0 Å². The molecule has 0 spiro atoms. The number of rotatable bonds is 5. The van der Waals surface area contributed by atoms with Crippen molar-refractivity contribution in [3.8, 4) is 11.7 Å². The lowest BCUT2D eigenvalue weighted by molar-refractivity contribution is 0.398. The number of nitrogens with one attached hydrogen (secondary N) is 1. The Morgan fingerprint density at radius 1 is 1.17 bits per heavy atom. The summed E-state index contributed by atoms with van der Waals surface area (Å²) in [6.45, 7) is 3.82. The molecule has 0 aliphatic rings. The summed E-state index contributed by atoms with van der Waals surface area (Å²) in [5.74, 6) is 2.82. The van der Waals surface area contributed by atoms with Crippen molar-refractivity contribution in [3.63, 3.8) is 0 Å². The van der Waals surface area contributed by atoms with E-state index in [1.807, 2.05) is 38.3 Å². The van der Waals surface area contributed by atoms with E-state index in [1.54, 1.807) is 35.8 Å². The first-order valence-electron chi connectivity index (χ1n) is 7.33. The molecule has 7 nitrogen and oxygen atoms in total. The zero-order valence-electron chi connectivity index (χ0n) is 13.9. The molecule has 0 aliphatic heterocycles. The molecule has 3 heterocycles. The maximum Gasteiger partial charge on any atom is 0.213 e. The fourth-order valence-corrected chi connectivity index (χ4v) is 2.67. The summed E-state index contributed by atoms with van der Waals surface area (Å²) in [4.78, 5) is 13.1. The van der Waals surface area contributed by atoms with Crippen molar-refractivity contribution in [1.29, 1.82) is 0 Å². The Labute approximate surface area is 144 Å². The first-order chi connectivity index (χ1) is 11.6. The zero-order valence-corrected chi connectivity index (χ0v) is 14.8. The Hall–Kier alpha value is -2.61. The molecule has 24 heavy (non-hydrogen) atoms. The Morgan fingerprint density at radius 3 is 2.67 bits per heavy atom. The summed E-state index contributed by atoms with van der Waals surface area (Å²) in [6.07, 6.45) is 3.70. The van der Waals surface area contributed by atoms with Crippen molar-refractivity contribution >= 4 is 23.3 Å². The van der Waals surface area contributed by atoms with Gasteiger partial charge in [0.1, 0.15) is 16.7 Å². The number of nitrogens with zero attached hydrogens (tertiary/aromatic N) is 5. The molecule has 0 radical (unpaired) electrons. The third-order valence-corrected chi connectivity index (χ3v) is 3.90. The van der Waals surface area contributed by atoms with Crippen LogP contribution < -0.4 is 10.1 Å². The lowest BCUT2D eigenvalue weighted by Gasteiger charge is -2.10. The van der Waals surface area contributed by atoms with Gasteiger partial charge in [-0.25, -0.2) is 15.0 Å². The standard InChI is InChI=1S/C16H18N6OS/c1-10-7-13(20-12-5-6-15(23-3)17-9-12)22(21-10)14-8-16(24-4)19-11(2)18-14/h5-9,20H,1-4H3. The second-order valence-corrected chi connectivity index (χ2v) is 5.94.